The Morgan fingerprint density at radius 3 is 2.65 bits per heavy atom. The number of hydrogen-bond donors (Lipinski definition) is 2. The van der Waals surface area contributed by atoms with Crippen LogP contribution in [0.5, 0.6) is 5.75 Å². The topological polar surface area (TPSA) is 160 Å². The number of nitro groups is 1. The van der Waals surface area contributed by atoms with Crippen LogP contribution >= 0.6 is 23.1 Å². The minimum Gasteiger partial charge on any atom is -0.489 e. The number of imide groups is 1. The van der Waals surface area contributed by atoms with Crippen molar-refractivity contribution in [3.8, 4) is 5.75 Å². The van der Waals surface area contributed by atoms with Gasteiger partial charge in [0, 0.05) is 28.5 Å². The predicted octanol–water partition coefficient (Wildman–Crippen LogP) is 2.91. The number of carbonyl (C=O) groups excluding carboxylic acids is 2. The molecule has 1 aromatic heterocycles. The van der Waals surface area contributed by atoms with Gasteiger partial charge in [-0.15, -0.1) is 0 Å². The molecule has 0 aliphatic carbocycles. The Bertz CT molecular complexity index is 1510. The van der Waals surface area contributed by atoms with Crippen molar-refractivity contribution in [2.45, 2.75) is 29.7 Å². The summed E-state index contributed by atoms with van der Waals surface area (Å²) >= 11 is 1.84. The number of aliphatic carboxylic acids is 1. The number of carboxylic acids is 1. The molecule has 0 saturated carbocycles. The number of thiazole rings is 1. The summed E-state index contributed by atoms with van der Waals surface area (Å²) in [6.45, 7) is 1.26. The first kappa shape index (κ1) is 24.7. The van der Waals surface area contributed by atoms with Crippen LogP contribution < -0.4 is 9.61 Å². The number of thioether (sulfide) groups is 1. The first-order chi connectivity index (χ1) is 17.7. The zero-order valence-electron chi connectivity index (χ0n) is 19.2. The van der Waals surface area contributed by atoms with Crippen molar-refractivity contribution in [1.82, 2.24) is 9.88 Å². The average Bonchev–Trinajstić information content (AvgIpc) is 3.34. The second-order valence-corrected chi connectivity index (χ2v) is 10.8. The maximum Gasteiger partial charge on any atom is 0.323 e. The lowest BCUT2D eigenvalue weighted by Gasteiger charge is -2.30. The van der Waals surface area contributed by atoms with Gasteiger partial charge in [-0.1, -0.05) is 47.4 Å². The molecule has 2 amide bonds. The summed E-state index contributed by atoms with van der Waals surface area (Å²) in [5.74, 6) is -4.49. The van der Waals surface area contributed by atoms with Gasteiger partial charge in [-0.2, -0.15) is 0 Å². The van der Waals surface area contributed by atoms with E-state index in [1.807, 2.05) is 31.2 Å². The molecule has 2 aliphatic heterocycles. The van der Waals surface area contributed by atoms with Gasteiger partial charge >= 0.3 is 10.8 Å². The highest BCUT2D eigenvalue weighted by Gasteiger charge is 2.56. The lowest BCUT2D eigenvalue weighted by Crippen LogP contribution is -2.36. The van der Waals surface area contributed by atoms with Crippen molar-refractivity contribution >= 4 is 46.6 Å². The smallest absolute Gasteiger partial charge is 0.323 e. The van der Waals surface area contributed by atoms with Gasteiger partial charge < -0.3 is 14.8 Å². The highest BCUT2D eigenvalue weighted by Crippen LogP contribution is 2.54. The first-order valence-corrected chi connectivity index (χ1v) is 12.8. The molecule has 0 spiro atoms. The summed E-state index contributed by atoms with van der Waals surface area (Å²) in [5, 5.41) is 20.3. The third-order valence-electron chi connectivity index (χ3n) is 6.39. The molecular weight excluding hydrogens is 522 g/mol. The van der Waals surface area contributed by atoms with Gasteiger partial charge in [0.05, 0.1) is 15.9 Å². The minimum absolute atomic E-state index is 0.140. The fourth-order valence-electron chi connectivity index (χ4n) is 4.65. The number of likely N-dealkylation sites (tertiary alicyclic amines) is 1. The van der Waals surface area contributed by atoms with Crippen LogP contribution in [-0.4, -0.2) is 49.5 Å². The largest absolute Gasteiger partial charge is 0.489 e. The van der Waals surface area contributed by atoms with Crippen LogP contribution in [0.3, 0.4) is 0 Å². The van der Waals surface area contributed by atoms with Gasteiger partial charge in [0.25, 0.3) is 5.69 Å². The van der Waals surface area contributed by atoms with Gasteiger partial charge in [0.1, 0.15) is 24.2 Å². The van der Waals surface area contributed by atoms with E-state index in [2.05, 4.69) is 4.98 Å². The highest BCUT2D eigenvalue weighted by molar-refractivity contribution is 8.00. The number of H-pyrrole nitrogens is 1. The summed E-state index contributed by atoms with van der Waals surface area (Å²) in [4.78, 5) is 64.6. The van der Waals surface area contributed by atoms with Crippen LogP contribution in [0, 0.1) is 23.0 Å². The molecule has 3 aromatic rings. The molecule has 2 N–H and O–H groups in total. The Morgan fingerprint density at radius 1 is 1.19 bits per heavy atom. The molecule has 0 unspecified atom stereocenters. The molecule has 0 bridgehead atoms. The number of aryl methyl sites for hydroxylation is 1. The Kier molecular flexibility index (Phi) is 6.33. The molecule has 1 saturated heterocycles. The summed E-state index contributed by atoms with van der Waals surface area (Å²) in [6, 6.07) is 11.6. The van der Waals surface area contributed by atoms with Crippen molar-refractivity contribution in [2.75, 3.05) is 6.54 Å². The van der Waals surface area contributed by atoms with Crippen molar-refractivity contribution in [3.05, 3.63) is 83.8 Å². The van der Waals surface area contributed by atoms with Crippen LogP contribution in [-0.2, 0) is 21.0 Å². The SMILES string of the molecule is Cc1ccccc1COc1ccc([N+](=O)[O-])cc1[C@@H]1c2sc(=O)[nH]c2S[C@@H]2C(=O)N(CC(=O)O)C(=O)[C@H]12. The molecular formula is C24H19N3O8S2. The number of amides is 2. The summed E-state index contributed by atoms with van der Waals surface area (Å²) < 4.78 is 6.10. The van der Waals surface area contributed by atoms with E-state index in [1.165, 1.54) is 18.2 Å². The number of nitro benzene ring substituents is 1. The number of rotatable bonds is 7. The Labute approximate surface area is 217 Å². The number of ether oxygens (including phenoxy) is 1. The van der Waals surface area contributed by atoms with Gasteiger partial charge in [-0.25, -0.2) is 0 Å². The second-order valence-electron chi connectivity index (χ2n) is 8.60. The number of benzene rings is 2. The van der Waals surface area contributed by atoms with E-state index in [1.54, 1.807) is 0 Å². The van der Waals surface area contributed by atoms with Gasteiger partial charge in [0.2, 0.25) is 11.8 Å². The third-order valence-corrected chi connectivity index (χ3v) is 8.79. The molecule has 0 radical (unpaired) electrons. The van der Waals surface area contributed by atoms with Crippen LogP contribution in [0.1, 0.15) is 27.5 Å². The molecule has 11 nitrogen and oxygen atoms in total. The van der Waals surface area contributed by atoms with Crippen LogP contribution in [0.15, 0.2) is 52.3 Å². The standard InChI is InChI=1S/C24H19N3O8S2/c1-11-4-2-3-5-12(11)10-35-15-7-6-13(27(33)34)8-14(15)17-18-20(36-21-19(17)37-24(32)25-21)23(31)26(22(18)30)9-16(28)29/h2-8,17-18,20H,9-10H2,1H3,(H,25,32)(H,28,29)/t17-,18+,20-/m0/s1. The molecule has 13 heteroatoms. The summed E-state index contributed by atoms with van der Waals surface area (Å²) in [7, 11) is 0. The van der Waals surface area contributed by atoms with Gasteiger partial charge in [-0.05, 0) is 24.1 Å². The molecule has 2 aromatic carbocycles. The van der Waals surface area contributed by atoms with Gasteiger partial charge in [-0.3, -0.25) is 34.2 Å². The number of carbonyl (C=O) groups is 3. The maximum atomic E-state index is 13.4. The fourth-order valence-corrected chi connectivity index (χ4v) is 7.18. The Balaban J connectivity index is 1.64. The lowest BCUT2D eigenvalue weighted by molar-refractivity contribution is -0.385. The van der Waals surface area contributed by atoms with E-state index in [-0.39, 0.29) is 23.6 Å². The lowest BCUT2D eigenvalue weighted by atomic mass is 9.82. The number of non-ortho nitro benzene ring substituents is 1. The van der Waals surface area contributed by atoms with E-state index < -0.39 is 51.2 Å². The van der Waals surface area contributed by atoms with Crippen molar-refractivity contribution in [2.24, 2.45) is 5.92 Å². The summed E-state index contributed by atoms with van der Waals surface area (Å²) in [6.07, 6.45) is 0. The molecule has 1 fully saturated rings. The monoisotopic (exact) mass is 541 g/mol. The van der Waals surface area contributed by atoms with Crippen LogP contribution in [0.2, 0.25) is 0 Å². The van der Waals surface area contributed by atoms with E-state index in [0.717, 1.165) is 34.2 Å². The highest BCUT2D eigenvalue weighted by atomic mass is 32.2. The van der Waals surface area contributed by atoms with Gasteiger partial charge in [0.15, 0.2) is 0 Å². The molecule has 2 aliphatic rings. The Hall–Kier alpha value is -3.97. The number of aromatic amines is 1. The zero-order chi connectivity index (χ0) is 26.4. The zero-order valence-corrected chi connectivity index (χ0v) is 20.8. The Morgan fingerprint density at radius 2 is 1.95 bits per heavy atom. The van der Waals surface area contributed by atoms with E-state index in [4.69, 9.17) is 4.74 Å². The van der Waals surface area contributed by atoms with Crippen molar-refractivity contribution in [1.29, 1.82) is 0 Å². The van der Waals surface area contributed by atoms with E-state index in [0.29, 0.717) is 14.8 Å². The number of fused-ring (bicyclic) bond motifs is 2. The minimum atomic E-state index is -1.34. The third kappa shape index (κ3) is 4.40. The normalized spacial score (nSPS) is 20.5. The summed E-state index contributed by atoms with van der Waals surface area (Å²) in [5.41, 5.74) is 1.88. The number of nitrogens with one attached hydrogen (secondary N) is 1. The van der Waals surface area contributed by atoms with Crippen molar-refractivity contribution < 1.29 is 29.2 Å². The number of hydrogen-bond acceptors (Lipinski definition) is 9. The predicted molar refractivity (Wildman–Crippen MR) is 133 cm³/mol. The quantitative estimate of drug-likeness (QED) is 0.260. The van der Waals surface area contributed by atoms with Crippen molar-refractivity contribution in [3.63, 3.8) is 0 Å². The maximum absolute atomic E-state index is 13.4. The number of nitrogens with zero attached hydrogens (tertiary/aromatic N) is 2. The molecule has 3 heterocycles. The fraction of sp³-hybridized carbons (Fsp3) is 0.250. The average molecular weight is 542 g/mol. The molecule has 3 atom stereocenters. The van der Waals surface area contributed by atoms with E-state index >= 15 is 0 Å². The van der Waals surface area contributed by atoms with E-state index in [9.17, 15) is 34.4 Å². The first-order valence-electron chi connectivity index (χ1n) is 11.1. The second kappa shape index (κ2) is 9.48. The number of carboxylic acid groups (broad SMARTS) is 1. The molecule has 190 valence electrons. The van der Waals surface area contributed by atoms with Crippen LogP contribution in [0.4, 0.5) is 5.69 Å². The molecule has 37 heavy (non-hydrogen) atoms. The molecule has 5 rings (SSSR count). The number of aromatic nitrogens is 1. The van der Waals surface area contributed by atoms with Crippen LogP contribution in [0.25, 0.3) is 0 Å².